The molecule has 2 aromatic carbocycles. The molecule has 0 saturated heterocycles. The molecule has 0 aliphatic carbocycles. The van der Waals surface area contributed by atoms with Crippen LogP contribution in [0.15, 0.2) is 57.8 Å². The Morgan fingerprint density at radius 1 is 1.17 bits per heavy atom. The highest BCUT2D eigenvalue weighted by molar-refractivity contribution is 9.10. The Labute approximate surface area is 215 Å². The molecule has 0 saturated carbocycles. The van der Waals surface area contributed by atoms with Crippen molar-refractivity contribution in [2.45, 2.75) is 32.7 Å². The van der Waals surface area contributed by atoms with Crippen molar-refractivity contribution < 1.29 is 23.4 Å². The molecule has 0 aliphatic heterocycles. The van der Waals surface area contributed by atoms with Gasteiger partial charge in [0, 0.05) is 29.9 Å². The van der Waals surface area contributed by atoms with Crippen LogP contribution in [-0.4, -0.2) is 28.2 Å². The first-order valence-corrected chi connectivity index (χ1v) is 11.2. The van der Waals surface area contributed by atoms with Crippen molar-refractivity contribution in [2.24, 2.45) is 5.73 Å². The van der Waals surface area contributed by atoms with E-state index >= 15 is 0 Å². The van der Waals surface area contributed by atoms with Gasteiger partial charge in [0.15, 0.2) is 0 Å². The predicted molar refractivity (Wildman–Crippen MR) is 134 cm³/mol. The number of aliphatic hydroxyl groups excluding tert-OH is 1. The highest BCUT2D eigenvalue weighted by Crippen LogP contribution is 2.24. The van der Waals surface area contributed by atoms with Crippen LogP contribution in [0.25, 0.3) is 0 Å². The molecule has 35 heavy (non-hydrogen) atoms. The number of benzene rings is 2. The summed E-state index contributed by atoms with van der Waals surface area (Å²) >= 11 is 3.27. The van der Waals surface area contributed by atoms with Gasteiger partial charge in [-0.25, -0.2) is 8.78 Å². The number of amides is 1. The highest BCUT2D eigenvalue weighted by atomic mass is 79.9. The van der Waals surface area contributed by atoms with E-state index in [1.165, 1.54) is 6.07 Å². The second-order valence-electron chi connectivity index (χ2n) is 7.70. The normalized spacial score (nSPS) is 11.5. The fourth-order valence-electron chi connectivity index (χ4n) is 3.16. The number of aliphatic hydroxyl groups is 1. The fourth-order valence-corrected chi connectivity index (χ4v) is 3.60. The largest absolute Gasteiger partial charge is 0.487 e. The van der Waals surface area contributed by atoms with Crippen molar-refractivity contribution >= 4 is 34.2 Å². The number of halogens is 4. The number of nitrogens with zero attached hydrogens (tertiary/aromatic N) is 1. The van der Waals surface area contributed by atoms with E-state index in [9.17, 15) is 18.4 Å². The second kappa shape index (κ2) is 12.8. The number of rotatable bonds is 9. The molecule has 0 unspecified atom stereocenters. The third kappa shape index (κ3) is 7.35. The Morgan fingerprint density at radius 3 is 2.46 bits per heavy atom. The van der Waals surface area contributed by atoms with Gasteiger partial charge >= 0.3 is 0 Å². The molecule has 0 fully saturated rings. The molecule has 1 atom stereocenters. The van der Waals surface area contributed by atoms with Gasteiger partial charge in [0.05, 0.1) is 13.2 Å². The predicted octanol–water partition coefficient (Wildman–Crippen LogP) is 3.18. The number of ether oxygens (including phenoxy) is 1. The molecule has 1 heterocycles. The molecule has 0 aliphatic rings. The van der Waals surface area contributed by atoms with Gasteiger partial charge in [-0.15, -0.1) is 12.4 Å². The number of aryl methyl sites for hydroxylation is 1. The maximum Gasteiger partial charge on any atom is 0.269 e. The minimum absolute atomic E-state index is 0. The molecule has 1 aromatic heterocycles. The summed E-state index contributed by atoms with van der Waals surface area (Å²) in [6, 6.07) is 11.3. The quantitative estimate of drug-likeness (QED) is 0.365. The zero-order valence-corrected chi connectivity index (χ0v) is 21.2. The molecule has 4 N–H and O–H groups in total. The first-order chi connectivity index (χ1) is 16.2. The van der Waals surface area contributed by atoms with Gasteiger partial charge in [-0.05, 0) is 46.1 Å². The lowest BCUT2D eigenvalue weighted by molar-refractivity contribution is -0.123. The summed E-state index contributed by atoms with van der Waals surface area (Å²) in [4.78, 5) is 24.6. The van der Waals surface area contributed by atoms with Crippen molar-refractivity contribution in [2.75, 3.05) is 6.61 Å². The number of hydrogen-bond donors (Lipinski definition) is 3. The molecule has 7 nitrogen and oxygen atoms in total. The van der Waals surface area contributed by atoms with Crippen LogP contribution < -0.4 is 21.3 Å². The van der Waals surface area contributed by atoms with Crippen molar-refractivity contribution in [3.05, 3.63) is 97.4 Å². The van der Waals surface area contributed by atoms with Crippen molar-refractivity contribution in [1.82, 2.24) is 9.88 Å². The van der Waals surface area contributed by atoms with E-state index in [-0.39, 0.29) is 46.9 Å². The lowest BCUT2D eigenvalue weighted by Gasteiger charge is -2.15. The van der Waals surface area contributed by atoms with Gasteiger partial charge in [-0.3, -0.25) is 9.59 Å². The Morgan fingerprint density at radius 2 is 1.83 bits per heavy atom. The van der Waals surface area contributed by atoms with E-state index < -0.39 is 30.2 Å². The first kappa shape index (κ1) is 28.4. The van der Waals surface area contributed by atoms with Crippen LogP contribution in [0.1, 0.15) is 22.4 Å². The van der Waals surface area contributed by atoms with Crippen LogP contribution >= 0.6 is 28.3 Å². The SMILES string of the molecule is Cc1cc(OCc2ccc(F)cc2F)c(Br)c(=O)n1Cc1ccc(CNC(=O)[C@@H](N)CO)cc1.Cl. The Balaban J connectivity index is 0.00000432. The van der Waals surface area contributed by atoms with Crippen LogP contribution in [0.3, 0.4) is 0 Å². The van der Waals surface area contributed by atoms with Crippen LogP contribution in [0.4, 0.5) is 8.78 Å². The van der Waals surface area contributed by atoms with Crippen molar-refractivity contribution in [1.29, 1.82) is 0 Å². The molecule has 0 spiro atoms. The second-order valence-corrected chi connectivity index (χ2v) is 8.50. The Bertz CT molecular complexity index is 1240. The zero-order chi connectivity index (χ0) is 24.8. The first-order valence-electron chi connectivity index (χ1n) is 10.4. The number of nitrogens with two attached hydrogens (primary N) is 1. The van der Waals surface area contributed by atoms with Gasteiger partial charge in [0.25, 0.3) is 5.56 Å². The van der Waals surface area contributed by atoms with Crippen LogP contribution in [0.2, 0.25) is 0 Å². The number of carbonyl (C=O) groups is 1. The molecule has 0 radical (unpaired) electrons. The number of hydrogen-bond acceptors (Lipinski definition) is 5. The standard InChI is InChI=1S/C24H24BrF2N3O4.ClH/c1-14-8-21(34-13-17-6-7-18(26)9-19(17)27)22(25)24(33)30(14)11-16-4-2-15(3-5-16)10-29-23(32)20(28)12-31;/h2-9,20,31H,10-13,28H2,1H3,(H,29,32);1H/t20-;/m0./s1. The Kier molecular flexibility index (Phi) is 10.4. The molecular weight excluding hydrogens is 548 g/mol. The van der Waals surface area contributed by atoms with Gasteiger partial charge in [0.2, 0.25) is 5.91 Å². The van der Waals surface area contributed by atoms with Gasteiger partial charge < -0.3 is 25.5 Å². The maximum atomic E-state index is 13.9. The fraction of sp³-hybridized carbons (Fsp3) is 0.250. The third-order valence-corrected chi connectivity index (χ3v) is 5.91. The van der Waals surface area contributed by atoms with Crippen molar-refractivity contribution in [3.8, 4) is 5.75 Å². The van der Waals surface area contributed by atoms with Crippen LogP contribution in [0, 0.1) is 18.6 Å². The van der Waals surface area contributed by atoms with Gasteiger partial charge in [-0.1, -0.05) is 24.3 Å². The number of aromatic nitrogens is 1. The third-order valence-electron chi connectivity index (χ3n) is 5.18. The van der Waals surface area contributed by atoms with Crippen LogP contribution in [0.5, 0.6) is 5.75 Å². The number of carbonyl (C=O) groups excluding carboxylic acids is 1. The van der Waals surface area contributed by atoms with E-state index in [4.69, 9.17) is 15.6 Å². The summed E-state index contributed by atoms with van der Waals surface area (Å²) in [5, 5.41) is 11.5. The van der Waals surface area contributed by atoms with E-state index in [0.29, 0.717) is 12.2 Å². The summed E-state index contributed by atoms with van der Waals surface area (Å²) in [5.74, 6) is -1.58. The van der Waals surface area contributed by atoms with Gasteiger partial charge in [-0.2, -0.15) is 0 Å². The molecule has 1 amide bonds. The topological polar surface area (TPSA) is 107 Å². The average Bonchev–Trinajstić information content (AvgIpc) is 2.82. The van der Waals surface area contributed by atoms with E-state index in [0.717, 1.165) is 23.3 Å². The number of pyridine rings is 1. The summed E-state index contributed by atoms with van der Waals surface area (Å²) in [6.45, 7) is 1.74. The van der Waals surface area contributed by atoms with E-state index in [1.54, 1.807) is 17.6 Å². The van der Waals surface area contributed by atoms with Gasteiger partial charge in [0.1, 0.15) is 34.5 Å². The summed E-state index contributed by atoms with van der Waals surface area (Å²) in [5.41, 5.74) is 7.66. The monoisotopic (exact) mass is 571 g/mol. The van der Waals surface area contributed by atoms with Crippen LogP contribution in [-0.2, 0) is 24.5 Å². The summed E-state index contributed by atoms with van der Waals surface area (Å²) < 4.78 is 34.3. The lowest BCUT2D eigenvalue weighted by atomic mass is 10.1. The zero-order valence-electron chi connectivity index (χ0n) is 18.8. The molecule has 3 rings (SSSR count). The summed E-state index contributed by atoms with van der Waals surface area (Å²) in [6.07, 6.45) is 0. The smallest absolute Gasteiger partial charge is 0.269 e. The molecule has 188 valence electrons. The maximum absolute atomic E-state index is 13.9. The highest BCUT2D eigenvalue weighted by Gasteiger charge is 2.14. The Hall–Kier alpha value is -2.79. The molecule has 11 heteroatoms. The molecule has 0 bridgehead atoms. The minimum atomic E-state index is -0.964. The average molecular weight is 573 g/mol. The van der Waals surface area contributed by atoms with E-state index in [1.807, 2.05) is 24.3 Å². The molecule has 3 aromatic rings. The molecular formula is C24H25BrClF2N3O4. The summed E-state index contributed by atoms with van der Waals surface area (Å²) in [7, 11) is 0. The lowest BCUT2D eigenvalue weighted by Crippen LogP contribution is -2.42. The number of nitrogens with one attached hydrogen (secondary N) is 1. The van der Waals surface area contributed by atoms with E-state index in [2.05, 4.69) is 21.2 Å². The minimum Gasteiger partial charge on any atom is -0.487 e. The van der Waals surface area contributed by atoms with Crippen molar-refractivity contribution in [3.63, 3.8) is 0 Å².